The van der Waals surface area contributed by atoms with Gasteiger partial charge in [-0.15, -0.1) is 11.3 Å². The van der Waals surface area contributed by atoms with Gasteiger partial charge in [-0.05, 0) is 37.8 Å². The van der Waals surface area contributed by atoms with Gasteiger partial charge in [-0.25, -0.2) is 4.98 Å². The molecule has 0 amide bonds. The van der Waals surface area contributed by atoms with E-state index in [1.807, 2.05) is 25.1 Å². The molecule has 0 fully saturated rings. The normalized spacial score (nSPS) is 19.8. The molecule has 1 aliphatic rings. The Kier molecular flexibility index (Phi) is 5.39. The van der Waals surface area contributed by atoms with Gasteiger partial charge in [-0.2, -0.15) is 0 Å². The Morgan fingerprint density at radius 3 is 2.84 bits per heavy atom. The topological polar surface area (TPSA) is 69.5 Å². The third kappa shape index (κ3) is 4.02. The largest absolute Gasteiger partial charge is 0.383 e. The number of aliphatic hydroxyl groups is 1. The maximum absolute atomic E-state index is 11.0. The van der Waals surface area contributed by atoms with E-state index in [1.165, 1.54) is 10.4 Å². The second-order valence-electron chi connectivity index (χ2n) is 6.54. The molecule has 5 nitrogen and oxygen atoms in total. The molecule has 1 aliphatic carbocycles. The molecule has 0 spiro atoms. The molecule has 1 heterocycles. The van der Waals surface area contributed by atoms with Crippen molar-refractivity contribution < 1.29 is 5.11 Å². The molecule has 0 bridgehead atoms. The third-order valence-electron chi connectivity index (χ3n) is 4.80. The molecule has 25 heavy (non-hydrogen) atoms. The summed E-state index contributed by atoms with van der Waals surface area (Å²) in [6.45, 7) is 5.37. The summed E-state index contributed by atoms with van der Waals surface area (Å²) >= 11 is 1.75. The minimum Gasteiger partial charge on any atom is -0.383 e. The molecule has 1 atom stereocenters. The molecule has 1 aromatic carbocycles. The molecule has 3 N–H and O–H groups in total. The molecule has 0 aliphatic heterocycles. The first-order chi connectivity index (χ1) is 12.0. The summed E-state index contributed by atoms with van der Waals surface area (Å²) in [6.07, 6.45) is 2.53. The lowest BCUT2D eigenvalue weighted by atomic mass is 9.96. The van der Waals surface area contributed by atoms with Gasteiger partial charge in [0.05, 0.1) is 17.2 Å². The van der Waals surface area contributed by atoms with E-state index >= 15 is 0 Å². The van der Waals surface area contributed by atoms with Crippen LogP contribution in [0.4, 0.5) is 0 Å². The van der Waals surface area contributed by atoms with E-state index in [4.69, 9.17) is 0 Å². The van der Waals surface area contributed by atoms with E-state index in [2.05, 4.69) is 33.6 Å². The van der Waals surface area contributed by atoms with Gasteiger partial charge < -0.3 is 15.7 Å². The van der Waals surface area contributed by atoms with Crippen LogP contribution < -0.4 is 10.6 Å². The van der Waals surface area contributed by atoms with Crippen molar-refractivity contribution in [3.05, 3.63) is 51.0 Å². The van der Waals surface area contributed by atoms with E-state index in [0.717, 1.165) is 42.1 Å². The highest BCUT2D eigenvalue weighted by Gasteiger charge is 2.36. The Bertz CT molecular complexity index is 751. The summed E-state index contributed by atoms with van der Waals surface area (Å²) < 4.78 is 0. The third-order valence-corrected chi connectivity index (χ3v) is 5.94. The molecule has 0 radical (unpaired) electrons. The van der Waals surface area contributed by atoms with Crippen molar-refractivity contribution in [1.82, 2.24) is 15.6 Å². The molecular weight excluding hydrogens is 332 g/mol. The van der Waals surface area contributed by atoms with Crippen molar-refractivity contribution in [1.29, 1.82) is 0 Å². The van der Waals surface area contributed by atoms with Crippen LogP contribution in [0.5, 0.6) is 0 Å². The molecular formula is C19H26N4OS. The number of aliphatic imine (C=N–C) groups is 1. The predicted molar refractivity (Wildman–Crippen MR) is 103 cm³/mol. The van der Waals surface area contributed by atoms with Gasteiger partial charge in [-0.3, -0.25) is 4.99 Å². The van der Waals surface area contributed by atoms with Crippen LogP contribution in [0.3, 0.4) is 0 Å². The zero-order valence-electron chi connectivity index (χ0n) is 15.1. The minimum absolute atomic E-state index is 0.457. The minimum atomic E-state index is -0.822. The second-order valence-corrected chi connectivity index (χ2v) is 7.83. The number of thiazole rings is 1. The maximum Gasteiger partial charge on any atom is 0.191 e. The van der Waals surface area contributed by atoms with Gasteiger partial charge in [0.25, 0.3) is 0 Å². The lowest BCUT2D eigenvalue weighted by molar-refractivity contribution is 0.0432. The summed E-state index contributed by atoms with van der Waals surface area (Å²) in [4.78, 5) is 10.1. The monoisotopic (exact) mass is 358 g/mol. The number of benzene rings is 1. The zero-order chi connectivity index (χ0) is 17.9. The van der Waals surface area contributed by atoms with Gasteiger partial charge in [0.1, 0.15) is 5.60 Å². The highest BCUT2D eigenvalue weighted by atomic mass is 32.1. The summed E-state index contributed by atoms with van der Waals surface area (Å²) in [5.74, 6) is 0.711. The smallest absolute Gasteiger partial charge is 0.191 e. The van der Waals surface area contributed by atoms with Gasteiger partial charge in [0, 0.05) is 24.9 Å². The van der Waals surface area contributed by atoms with Crippen LogP contribution >= 0.6 is 11.3 Å². The van der Waals surface area contributed by atoms with Gasteiger partial charge in [0.15, 0.2) is 5.96 Å². The number of nitrogens with one attached hydrogen (secondary N) is 2. The van der Waals surface area contributed by atoms with Crippen molar-refractivity contribution in [2.45, 2.75) is 38.7 Å². The fourth-order valence-electron chi connectivity index (χ4n) is 3.24. The molecule has 134 valence electrons. The first kappa shape index (κ1) is 17.9. The van der Waals surface area contributed by atoms with Crippen LogP contribution in [-0.2, 0) is 18.4 Å². The summed E-state index contributed by atoms with van der Waals surface area (Å²) in [5, 5.41) is 18.7. The Hall–Kier alpha value is -1.92. The molecule has 6 heteroatoms. The Balaban J connectivity index is 1.51. The van der Waals surface area contributed by atoms with Gasteiger partial charge in [-0.1, -0.05) is 24.3 Å². The summed E-state index contributed by atoms with van der Waals surface area (Å²) in [5.41, 5.74) is 2.57. The average Bonchev–Trinajstić information content (AvgIpc) is 3.11. The Labute approximate surface area is 153 Å². The maximum atomic E-state index is 11.0. The van der Waals surface area contributed by atoms with Crippen molar-refractivity contribution >= 4 is 17.3 Å². The number of guanidine groups is 1. The van der Waals surface area contributed by atoms with Crippen LogP contribution in [0.15, 0.2) is 29.3 Å². The fourth-order valence-corrected chi connectivity index (χ4v) is 4.17. The van der Waals surface area contributed by atoms with Crippen LogP contribution in [0.1, 0.15) is 33.1 Å². The molecule has 1 aromatic heterocycles. The van der Waals surface area contributed by atoms with Gasteiger partial charge >= 0.3 is 0 Å². The summed E-state index contributed by atoms with van der Waals surface area (Å²) in [6, 6.07) is 8.13. The number of fused-ring (bicyclic) bond motifs is 1. The first-order valence-corrected chi connectivity index (χ1v) is 9.52. The van der Waals surface area contributed by atoms with Crippen LogP contribution in [-0.4, -0.2) is 36.2 Å². The Morgan fingerprint density at radius 2 is 2.12 bits per heavy atom. The molecule has 3 rings (SSSR count). The molecule has 0 saturated carbocycles. The van der Waals surface area contributed by atoms with Crippen molar-refractivity contribution in [2.75, 3.05) is 20.1 Å². The SMILES string of the molecule is CN=C(NCCc1nc(C)c(C)s1)NCC1(O)CCc2ccccc21. The number of aromatic nitrogens is 1. The quantitative estimate of drug-likeness (QED) is 0.567. The number of nitrogens with zero attached hydrogens (tertiary/aromatic N) is 2. The van der Waals surface area contributed by atoms with Crippen LogP contribution in [0.2, 0.25) is 0 Å². The number of rotatable bonds is 5. The lowest BCUT2D eigenvalue weighted by Crippen LogP contribution is -2.45. The van der Waals surface area contributed by atoms with E-state index in [9.17, 15) is 5.11 Å². The molecule has 1 unspecified atom stereocenters. The highest BCUT2D eigenvalue weighted by Crippen LogP contribution is 2.36. The highest BCUT2D eigenvalue weighted by molar-refractivity contribution is 7.11. The van der Waals surface area contributed by atoms with E-state index in [1.54, 1.807) is 18.4 Å². The number of hydrogen-bond donors (Lipinski definition) is 3. The van der Waals surface area contributed by atoms with E-state index in [-0.39, 0.29) is 0 Å². The van der Waals surface area contributed by atoms with E-state index < -0.39 is 5.60 Å². The molecule has 2 aromatic rings. The predicted octanol–water partition coefficient (Wildman–Crippen LogP) is 2.30. The average molecular weight is 359 g/mol. The lowest BCUT2D eigenvalue weighted by Gasteiger charge is -2.25. The molecule has 0 saturated heterocycles. The Morgan fingerprint density at radius 1 is 1.32 bits per heavy atom. The zero-order valence-corrected chi connectivity index (χ0v) is 15.9. The van der Waals surface area contributed by atoms with Crippen molar-refractivity contribution in [2.24, 2.45) is 4.99 Å². The first-order valence-electron chi connectivity index (χ1n) is 8.70. The van der Waals surface area contributed by atoms with Crippen LogP contribution in [0, 0.1) is 13.8 Å². The fraction of sp³-hybridized carbons (Fsp3) is 0.474. The summed E-state index contributed by atoms with van der Waals surface area (Å²) in [7, 11) is 1.75. The van der Waals surface area contributed by atoms with Crippen LogP contribution in [0.25, 0.3) is 0 Å². The second kappa shape index (κ2) is 7.54. The van der Waals surface area contributed by atoms with Gasteiger partial charge in [0.2, 0.25) is 0 Å². The van der Waals surface area contributed by atoms with Crippen molar-refractivity contribution in [3.63, 3.8) is 0 Å². The number of aryl methyl sites for hydroxylation is 3. The standard InChI is InChI=1S/C19H26N4OS/c1-13-14(2)25-17(23-13)9-11-21-18(20-3)22-12-19(24)10-8-15-6-4-5-7-16(15)19/h4-7,24H,8-12H2,1-3H3,(H2,20,21,22). The van der Waals surface area contributed by atoms with E-state index in [0.29, 0.717) is 12.5 Å². The number of hydrogen-bond acceptors (Lipinski definition) is 4. The van der Waals surface area contributed by atoms with Crippen molar-refractivity contribution in [3.8, 4) is 0 Å².